The first-order valence-electron chi connectivity index (χ1n) is 4.39. The topological polar surface area (TPSA) is 35.8 Å². The summed E-state index contributed by atoms with van der Waals surface area (Å²) in [6, 6.07) is 2.29. The third-order valence-corrected chi connectivity index (χ3v) is 2.15. The fraction of sp³-hybridized carbons (Fsp3) is 0.800. The molecule has 0 saturated carbocycles. The molecule has 1 N–H and O–H groups in total. The van der Waals surface area contributed by atoms with Gasteiger partial charge in [-0.15, -0.1) is 0 Å². The Bertz CT molecular complexity index is 194. The van der Waals surface area contributed by atoms with Gasteiger partial charge >= 0.3 is 0 Å². The van der Waals surface area contributed by atoms with Gasteiger partial charge in [0.2, 0.25) is 0 Å². The molecule has 1 radical (unpaired) electrons. The number of hydrogen-bond acceptors (Lipinski definition) is 2. The summed E-state index contributed by atoms with van der Waals surface area (Å²) in [6.45, 7) is 8.58. The standard InChI is InChI=1S/C10H17N2/c1-9(2)5-8(7-11)6-10(3,4)12-9/h12H,5-6H2,1-4H3. The van der Waals surface area contributed by atoms with E-state index in [2.05, 4.69) is 39.1 Å². The predicted molar refractivity (Wildman–Crippen MR) is 49.4 cm³/mol. The Balaban J connectivity index is 2.75. The van der Waals surface area contributed by atoms with Gasteiger partial charge in [0.15, 0.2) is 0 Å². The van der Waals surface area contributed by atoms with Crippen LogP contribution in [0.3, 0.4) is 0 Å². The molecule has 2 heteroatoms. The van der Waals surface area contributed by atoms with Crippen LogP contribution >= 0.6 is 0 Å². The Hall–Kier alpha value is -0.550. The monoisotopic (exact) mass is 165 g/mol. The summed E-state index contributed by atoms with van der Waals surface area (Å²) in [5.41, 5.74) is 0.152. The maximum Gasteiger partial charge on any atom is 0.0795 e. The van der Waals surface area contributed by atoms with E-state index < -0.39 is 0 Å². The third kappa shape index (κ3) is 2.22. The van der Waals surface area contributed by atoms with Crippen LogP contribution in [0.25, 0.3) is 0 Å². The van der Waals surface area contributed by atoms with Gasteiger partial charge in [0, 0.05) is 11.1 Å². The summed E-state index contributed by atoms with van der Waals surface area (Å²) < 4.78 is 0. The van der Waals surface area contributed by atoms with Crippen LogP contribution in [-0.4, -0.2) is 11.1 Å². The number of nitrogens with zero attached hydrogens (tertiary/aromatic N) is 1. The average Bonchev–Trinajstić information content (AvgIpc) is 1.80. The minimum atomic E-state index is 0.0762. The van der Waals surface area contributed by atoms with Crippen molar-refractivity contribution in [3.63, 3.8) is 0 Å². The molecule has 12 heavy (non-hydrogen) atoms. The van der Waals surface area contributed by atoms with Crippen LogP contribution in [0.5, 0.6) is 0 Å². The van der Waals surface area contributed by atoms with Crippen molar-refractivity contribution in [3.8, 4) is 6.07 Å². The molecular formula is C10H17N2. The number of piperidine rings is 1. The van der Waals surface area contributed by atoms with Gasteiger partial charge in [0.05, 0.1) is 12.0 Å². The molecule has 0 aromatic carbocycles. The van der Waals surface area contributed by atoms with E-state index in [-0.39, 0.29) is 11.1 Å². The molecule has 1 aliphatic rings. The maximum atomic E-state index is 8.84. The molecule has 0 atom stereocenters. The molecule has 67 valence electrons. The van der Waals surface area contributed by atoms with Crippen LogP contribution in [0, 0.1) is 17.2 Å². The van der Waals surface area contributed by atoms with Crippen molar-refractivity contribution in [1.29, 1.82) is 5.26 Å². The molecule has 0 bridgehead atoms. The summed E-state index contributed by atoms with van der Waals surface area (Å²) in [6.07, 6.45) is 1.76. The van der Waals surface area contributed by atoms with Gasteiger partial charge in [0.25, 0.3) is 0 Å². The summed E-state index contributed by atoms with van der Waals surface area (Å²) in [5, 5.41) is 12.4. The van der Waals surface area contributed by atoms with Gasteiger partial charge in [-0.25, -0.2) is 0 Å². The number of rotatable bonds is 0. The van der Waals surface area contributed by atoms with E-state index >= 15 is 0 Å². The molecule has 0 amide bonds. The van der Waals surface area contributed by atoms with Crippen LogP contribution in [0.15, 0.2) is 0 Å². The van der Waals surface area contributed by atoms with E-state index in [1.165, 1.54) is 0 Å². The lowest BCUT2D eigenvalue weighted by Gasteiger charge is -2.44. The van der Waals surface area contributed by atoms with Gasteiger partial charge in [-0.2, -0.15) is 5.26 Å². The molecular weight excluding hydrogens is 148 g/mol. The summed E-state index contributed by atoms with van der Waals surface area (Å²) in [4.78, 5) is 0. The summed E-state index contributed by atoms with van der Waals surface area (Å²) >= 11 is 0. The Morgan fingerprint density at radius 3 is 1.92 bits per heavy atom. The molecule has 2 nitrogen and oxygen atoms in total. The van der Waals surface area contributed by atoms with Crippen molar-refractivity contribution in [2.75, 3.05) is 0 Å². The predicted octanol–water partition coefficient (Wildman–Crippen LogP) is 2.03. The van der Waals surface area contributed by atoms with Crippen molar-refractivity contribution in [2.45, 2.75) is 51.6 Å². The van der Waals surface area contributed by atoms with Crippen LogP contribution in [0.4, 0.5) is 0 Å². The fourth-order valence-corrected chi connectivity index (χ4v) is 2.21. The van der Waals surface area contributed by atoms with Gasteiger partial charge in [-0.1, -0.05) is 0 Å². The molecule has 1 aliphatic heterocycles. The van der Waals surface area contributed by atoms with Crippen LogP contribution in [0.1, 0.15) is 40.5 Å². The number of nitrogens with one attached hydrogen (secondary N) is 1. The minimum Gasteiger partial charge on any atom is -0.307 e. The lowest BCUT2D eigenvalue weighted by atomic mass is 9.77. The Labute approximate surface area is 75.0 Å². The van der Waals surface area contributed by atoms with Crippen molar-refractivity contribution >= 4 is 0 Å². The molecule has 1 saturated heterocycles. The Morgan fingerprint density at radius 2 is 1.58 bits per heavy atom. The Kier molecular flexibility index (Phi) is 2.18. The zero-order chi connectivity index (χ0) is 9.41. The smallest absolute Gasteiger partial charge is 0.0795 e. The van der Waals surface area contributed by atoms with E-state index in [9.17, 15) is 0 Å². The Morgan fingerprint density at radius 1 is 1.17 bits per heavy atom. The van der Waals surface area contributed by atoms with Crippen LogP contribution in [-0.2, 0) is 0 Å². The van der Waals surface area contributed by atoms with Crippen LogP contribution in [0.2, 0.25) is 0 Å². The highest BCUT2D eigenvalue weighted by molar-refractivity contribution is 5.21. The molecule has 0 aromatic rings. The molecule has 1 heterocycles. The van der Waals surface area contributed by atoms with E-state index in [1.54, 1.807) is 0 Å². The van der Waals surface area contributed by atoms with Gasteiger partial charge in [-0.05, 0) is 40.5 Å². The van der Waals surface area contributed by atoms with E-state index in [1.807, 2.05) is 0 Å². The highest BCUT2D eigenvalue weighted by atomic mass is 15.0. The highest BCUT2D eigenvalue weighted by Gasteiger charge is 2.37. The molecule has 0 aliphatic carbocycles. The second-order valence-electron chi connectivity index (χ2n) is 4.96. The highest BCUT2D eigenvalue weighted by Crippen LogP contribution is 2.33. The molecule has 0 unspecified atom stereocenters. The molecule has 1 fully saturated rings. The maximum absolute atomic E-state index is 8.84. The van der Waals surface area contributed by atoms with Crippen molar-refractivity contribution in [3.05, 3.63) is 5.92 Å². The quantitative estimate of drug-likeness (QED) is 0.596. The average molecular weight is 165 g/mol. The lowest BCUT2D eigenvalue weighted by Crippen LogP contribution is -2.57. The zero-order valence-corrected chi connectivity index (χ0v) is 8.36. The summed E-state index contributed by atoms with van der Waals surface area (Å²) in [5.74, 6) is 1.02. The van der Waals surface area contributed by atoms with Crippen LogP contribution < -0.4 is 5.32 Å². The van der Waals surface area contributed by atoms with E-state index in [0.717, 1.165) is 18.8 Å². The fourth-order valence-electron chi connectivity index (χ4n) is 2.21. The SMILES string of the molecule is CC1(C)C[C](C#N)CC(C)(C)N1. The van der Waals surface area contributed by atoms with Gasteiger partial charge < -0.3 is 5.32 Å². The molecule has 0 aromatic heterocycles. The largest absolute Gasteiger partial charge is 0.307 e. The first-order valence-corrected chi connectivity index (χ1v) is 4.39. The molecule has 1 rings (SSSR count). The third-order valence-electron chi connectivity index (χ3n) is 2.15. The van der Waals surface area contributed by atoms with Gasteiger partial charge in [-0.3, -0.25) is 0 Å². The number of nitriles is 1. The zero-order valence-electron chi connectivity index (χ0n) is 8.36. The minimum absolute atomic E-state index is 0.0762. The van der Waals surface area contributed by atoms with Crippen molar-refractivity contribution in [1.82, 2.24) is 5.32 Å². The normalized spacial score (nSPS) is 27.9. The second-order valence-corrected chi connectivity index (χ2v) is 4.96. The second kappa shape index (κ2) is 2.74. The van der Waals surface area contributed by atoms with Crippen molar-refractivity contribution < 1.29 is 0 Å². The van der Waals surface area contributed by atoms with Crippen molar-refractivity contribution in [2.24, 2.45) is 0 Å². The first kappa shape index (κ1) is 9.54. The van der Waals surface area contributed by atoms with Gasteiger partial charge in [0.1, 0.15) is 0 Å². The first-order chi connectivity index (χ1) is 5.35. The lowest BCUT2D eigenvalue weighted by molar-refractivity contribution is 0.208. The van der Waals surface area contributed by atoms with E-state index in [4.69, 9.17) is 5.26 Å². The molecule has 0 spiro atoms. The van der Waals surface area contributed by atoms with E-state index in [0.29, 0.717) is 0 Å². The number of hydrogen-bond donors (Lipinski definition) is 1. The summed E-state index contributed by atoms with van der Waals surface area (Å²) in [7, 11) is 0.